The fraction of sp³-hybridized carbons (Fsp3) is 0.353. The Morgan fingerprint density at radius 3 is 3.00 bits per heavy atom. The second-order valence-electron chi connectivity index (χ2n) is 5.20. The van der Waals surface area contributed by atoms with E-state index in [1.54, 1.807) is 0 Å². The number of aromatic nitrogens is 1. The van der Waals surface area contributed by atoms with Gasteiger partial charge in [-0.3, -0.25) is 0 Å². The molecule has 1 N–H and O–H groups in total. The van der Waals surface area contributed by atoms with Crippen molar-refractivity contribution in [1.29, 1.82) is 5.26 Å². The van der Waals surface area contributed by atoms with Crippen LogP contribution in [0.5, 0.6) is 0 Å². The van der Waals surface area contributed by atoms with E-state index in [1.165, 1.54) is 22.0 Å². The predicted molar refractivity (Wildman–Crippen MR) is 82.2 cm³/mol. The minimum absolute atomic E-state index is 0.620. The highest BCUT2D eigenvalue weighted by Gasteiger charge is 2.13. The van der Waals surface area contributed by atoms with Gasteiger partial charge in [0, 0.05) is 42.2 Å². The number of aryl methyl sites for hydroxylation is 1. The summed E-state index contributed by atoms with van der Waals surface area (Å²) < 4.78 is 2.30. The lowest BCUT2D eigenvalue weighted by Crippen LogP contribution is -2.19. The largest absolute Gasteiger partial charge is 0.347 e. The van der Waals surface area contributed by atoms with Gasteiger partial charge in [-0.25, -0.2) is 0 Å². The van der Waals surface area contributed by atoms with Crippen molar-refractivity contribution in [2.24, 2.45) is 0 Å². The zero-order valence-electron chi connectivity index (χ0n) is 11.6. The summed E-state index contributed by atoms with van der Waals surface area (Å²) >= 11 is 0. The molecule has 0 unspecified atom stereocenters. The van der Waals surface area contributed by atoms with Crippen LogP contribution >= 0.6 is 0 Å². The van der Waals surface area contributed by atoms with Gasteiger partial charge in [0.2, 0.25) is 0 Å². The number of hydrogen-bond donors (Lipinski definition) is 1. The molecule has 0 fully saturated rings. The van der Waals surface area contributed by atoms with Gasteiger partial charge < -0.3 is 9.88 Å². The molecule has 1 aliphatic heterocycles. The lowest BCUT2D eigenvalue weighted by molar-refractivity contribution is 0.673. The van der Waals surface area contributed by atoms with E-state index in [4.69, 9.17) is 5.26 Å². The average Bonchev–Trinajstić information content (AvgIpc) is 2.88. The molecule has 3 rings (SSSR count). The van der Waals surface area contributed by atoms with Crippen LogP contribution in [0.15, 0.2) is 36.5 Å². The fourth-order valence-electron chi connectivity index (χ4n) is 2.88. The molecule has 0 saturated heterocycles. The van der Waals surface area contributed by atoms with Crippen molar-refractivity contribution in [2.45, 2.75) is 25.8 Å². The maximum absolute atomic E-state index is 8.69. The molecule has 2 aromatic rings. The van der Waals surface area contributed by atoms with Gasteiger partial charge in [0.15, 0.2) is 0 Å². The molecule has 0 spiro atoms. The van der Waals surface area contributed by atoms with Crippen LogP contribution < -0.4 is 5.32 Å². The second-order valence-corrected chi connectivity index (χ2v) is 5.20. The Hall–Kier alpha value is -2.05. The average molecular weight is 265 g/mol. The summed E-state index contributed by atoms with van der Waals surface area (Å²) in [6.45, 7) is 2.93. The zero-order valence-corrected chi connectivity index (χ0v) is 11.6. The van der Waals surface area contributed by atoms with E-state index in [2.05, 4.69) is 52.5 Å². The van der Waals surface area contributed by atoms with Crippen molar-refractivity contribution >= 4 is 16.5 Å². The molecule has 0 amide bonds. The molecule has 0 atom stereocenters. The molecule has 1 aromatic carbocycles. The maximum Gasteiger partial charge on any atom is 0.0622 e. The molecule has 0 bridgehead atoms. The third-order valence-corrected chi connectivity index (χ3v) is 3.89. The van der Waals surface area contributed by atoms with Gasteiger partial charge in [0.1, 0.15) is 0 Å². The van der Waals surface area contributed by atoms with Crippen LogP contribution in [0.25, 0.3) is 16.5 Å². The highest BCUT2D eigenvalue weighted by atomic mass is 15.0. The van der Waals surface area contributed by atoms with Crippen LogP contribution in [-0.4, -0.2) is 17.7 Å². The molecule has 3 nitrogen and oxygen atoms in total. The number of benzene rings is 1. The number of hydrogen-bond acceptors (Lipinski definition) is 2. The van der Waals surface area contributed by atoms with Crippen LogP contribution in [0, 0.1) is 11.3 Å². The highest BCUT2D eigenvalue weighted by Crippen LogP contribution is 2.30. The summed E-state index contributed by atoms with van der Waals surface area (Å²) in [6, 6.07) is 10.8. The quantitative estimate of drug-likeness (QED) is 0.861. The van der Waals surface area contributed by atoms with E-state index < -0.39 is 0 Å². The van der Waals surface area contributed by atoms with Gasteiger partial charge in [-0.05, 0) is 31.0 Å². The van der Waals surface area contributed by atoms with E-state index in [1.807, 2.05) is 0 Å². The summed E-state index contributed by atoms with van der Waals surface area (Å²) in [5, 5.41) is 13.4. The lowest BCUT2D eigenvalue weighted by atomic mass is 10.00. The molecule has 0 radical (unpaired) electrons. The van der Waals surface area contributed by atoms with Crippen LogP contribution in [0.2, 0.25) is 0 Å². The molecule has 20 heavy (non-hydrogen) atoms. The number of nitriles is 1. The normalized spacial score (nSPS) is 15.1. The molecule has 1 aliphatic rings. The standard InChI is InChI=1S/C17H19N3/c18-9-3-4-12-20-13-16(14-7-10-19-11-8-14)15-5-1-2-6-17(15)20/h1-2,5-7,13,19H,3-4,8,10-12H2. The Morgan fingerprint density at radius 1 is 1.30 bits per heavy atom. The molecular formula is C17H19N3. The van der Waals surface area contributed by atoms with E-state index in [0.717, 1.165) is 32.5 Å². The maximum atomic E-state index is 8.69. The van der Waals surface area contributed by atoms with E-state index in [-0.39, 0.29) is 0 Å². The Labute approximate surface area is 119 Å². The van der Waals surface area contributed by atoms with Crippen LogP contribution in [0.3, 0.4) is 0 Å². The third-order valence-electron chi connectivity index (χ3n) is 3.89. The SMILES string of the molecule is N#CCCCn1cc(C2=CCNCC2)c2ccccc21. The Morgan fingerprint density at radius 2 is 2.20 bits per heavy atom. The summed E-state index contributed by atoms with van der Waals surface area (Å²) in [7, 11) is 0. The van der Waals surface area contributed by atoms with Crippen molar-refractivity contribution in [3.63, 3.8) is 0 Å². The molecule has 3 heteroatoms. The van der Waals surface area contributed by atoms with Gasteiger partial charge in [-0.2, -0.15) is 5.26 Å². The first-order chi connectivity index (χ1) is 9.90. The Kier molecular flexibility index (Phi) is 3.85. The highest BCUT2D eigenvalue weighted by molar-refractivity contribution is 5.93. The van der Waals surface area contributed by atoms with Crippen LogP contribution in [0.4, 0.5) is 0 Å². The summed E-state index contributed by atoms with van der Waals surface area (Å²) in [4.78, 5) is 0. The molecule has 2 heterocycles. The molecule has 1 aromatic heterocycles. The van der Waals surface area contributed by atoms with Gasteiger partial charge >= 0.3 is 0 Å². The Bertz CT molecular complexity index is 673. The number of unbranched alkanes of at least 4 members (excludes halogenated alkanes) is 1. The Balaban J connectivity index is 2.00. The second kappa shape index (κ2) is 5.94. The van der Waals surface area contributed by atoms with E-state index in [9.17, 15) is 0 Å². The summed E-state index contributed by atoms with van der Waals surface area (Å²) in [6.07, 6.45) is 7.18. The number of para-hydroxylation sites is 1. The van der Waals surface area contributed by atoms with Crippen molar-refractivity contribution in [2.75, 3.05) is 13.1 Å². The predicted octanol–water partition coefficient (Wildman–Crippen LogP) is 3.32. The number of rotatable bonds is 4. The molecule has 0 aliphatic carbocycles. The lowest BCUT2D eigenvalue weighted by Gasteiger charge is -2.13. The first-order valence-corrected chi connectivity index (χ1v) is 7.25. The molecule has 102 valence electrons. The van der Waals surface area contributed by atoms with Crippen molar-refractivity contribution < 1.29 is 0 Å². The summed E-state index contributed by atoms with van der Waals surface area (Å²) in [5.41, 5.74) is 4.08. The first-order valence-electron chi connectivity index (χ1n) is 7.25. The van der Waals surface area contributed by atoms with Gasteiger partial charge in [0.25, 0.3) is 0 Å². The first kappa shape index (κ1) is 13.0. The number of fused-ring (bicyclic) bond motifs is 1. The van der Waals surface area contributed by atoms with Gasteiger partial charge in [0.05, 0.1) is 6.07 Å². The van der Waals surface area contributed by atoms with Crippen molar-refractivity contribution in [3.05, 3.63) is 42.1 Å². The van der Waals surface area contributed by atoms with E-state index >= 15 is 0 Å². The van der Waals surface area contributed by atoms with Gasteiger partial charge in [-0.1, -0.05) is 24.3 Å². The van der Waals surface area contributed by atoms with Crippen LogP contribution in [-0.2, 0) is 6.54 Å². The number of nitrogens with one attached hydrogen (secondary N) is 1. The topological polar surface area (TPSA) is 40.8 Å². The molecule has 0 saturated carbocycles. The van der Waals surface area contributed by atoms with Gasteiger partial charge in [-0.15, -0.1) is 0 Å². The van der Waals surface area contributed by atoms with Crippen molar-refractivity contribution in [1.82, 2.24) is 9.88 Å². The van der Waals surface area contributed by atoms with Crippen LogP contribution in [0.1, 0.15) is 24.8 Å². The summed E-state index contributed by atoms with van der Waals surface area (Å²) in [5.74, 6) is 0. The third kappa shape index (κ3) is 2.48. The minimum atomic E-state index is 0.620. The number of nitrogens with zero attached hydrogens (tertiary/aromatic N) is 2. The van der Waals surface area contributed by atoms with Crippen molar-refractivity contribution in [3.8, 4) is 6.07 Å². The minimum Gasteiger partial charge on any atom is -0.347 e. The molecular weight excluding hydrogens is 246 g/mol. The monoisotopic (exact) mass is 265 g/mol. The fourth-order valence-corrected chi connectivity index (χ4v) is 2.88. The van der Waals surface area contributed by atoms with E-state index in [0.29, 0.717) is 6.42 Å². The smallest absolute Gasteiger partial charge is 0.0622 e. The zero-order chi connectivity index (χ0) is 13.8.